The lowest BCUT2D eigenvalue weighted by atomic mass is 10.1. The largest absolute Gasteiger partial charge is 0.379 e. The first-order valence-electron chi connectivity index (χ1n) is 8.95. The van der Waals surface area contributed by atoms with Gasteiger partial charge in [0.05, 0.1) is 15.5 Å². The Morgan fingerprint density at radius 1 is 1.27 bits per heavy atom. The summed E-state index contributed by atoms with van der Waals surface area (Å²) in [6.45, 7) is 2.19. The van der Waals surface area contributed by atoms with Crippen molar-refractivity contribution in [2.24, 2.45) is 0 Å². The molecule has 1 aliphatic heterocycles. The van der Waals surface area contributed by atoms with Crippen LogP contribution in [0.5, 0.6) is 0 Å². The van der Waals surface area contributed by atoms with Crippen molar-refractivity contribution in [2.75, 3.05) is 37.4 Å². The Balaban J connectivity index is 2.15. The molecule has 0 atom stereocenters. The van der Waals surface area contributed by atoms with Crippen molar-refractivity contribution < 1.29 is 4.11 Å². The van der Waals surface area contributed by atoms with E-state index >= 15 is 0 Å². The maximum Gasteiger partial charge on any atom is 0.0661 e. The Hall–Kier alpha value is -1.71. The molecule has 0 saturated heterocycles. The van der Waals surface area contributed by atoms with Gasteiger partial charge in [-0.25, -0.2) is 0 Å². The number of benzene rings is 2. The summed E-state index contributed by atoms with van der Waals surface area (Å²) in [7, 11) is 4.07. The highest BCUT2D eigenvalue weighted by molar-refractivity contribution is 6.31. The van der Waals surface area contributed by atoms with Gasteiger partial charge in [0.25, 0.3) is 0 Å². The number of para-hydroxylation sites is 1. The number of hydrogen-bond acceptors (Lipinski definition) is 3. The average Bonchev–Trinajstić information content (AvgIpc) is 2.75. The summed E-state index contributed by atoms with van der Waals surface area (Å²) < 4.78 is 24.8. The number of fused-ring (bicyclic) bond motifs is 2. The van der Waals surface area contributed by atoms with Gasteiger partial charge in [-0.05, 0) is 56.8 Å². The van der Waals surface area contributed by atoms with Crippen molar-refractivity contribution >= 4 is 28.7 Å². The van der Waals surface area contributed by atoms with Crippen molar-refractivity contribution in [1.82, 2.24) is 4.90 Å². The highest BCUT2D eigenvalue weighted by Crippen LogP contribution is 2.39. The second-order valence-corrected chi connectivity index (χ2v) is 6.08. The van der Waals surface area contributed by atoms with Gasteiger partial charge >= 0.3 is 0 Å². The topological polar surface area (TPSA) is 18.5 Å². The zero-order valence-electron chi connectivity index (χ0n) is 15.9. The van der Waals surface area contributed by atoms with Gasteiger partial charge in [-0.15, -0.1) is 0 Å². The molecule has 0 spiro atoms. The molecule has 0 fully saturated rings. The quantitative estimate of drug-likeness (QED) is 0.904. The van der Waals surface area contributed by atoms with Crippen LogP contribution in [0.4, 0.5) is 17.1 Å². The summed E-state index contributed by atoms with van der Waals surface area (Å²) >= 11 is 6.19. The van der Waals surface area contributed by atoms with E-state index in [9.17, 15) is 0 Å². The van der Waals surface area contributed by atoms with E-state index < -0.39 is 0 Å². The standard InChI is InChI=1S/C18H22ClN3/c1-21(2)10-5-11-22-17-7-4-3-6-14(17)13-20-16-9-8-15(19)12-18(16)22/h3-4,6-9,12,20H,5,10-11,13H2,1-2H3/i8D,9D,12D. The molecule has 3 rings (SSSR count). The first kappa shape index (κ1) is 11.8. The molecule has 22 heavy (non-hydrogen) atoms. The van der Waals surface area contributed by atoms with Crippen LogP contribution in [-0.4, -0.2) is 32.1 Å². The molecule has 4 heteroatoms. The molecule has 2 aromatic rings. The minimum absolute atomic E-state index is 0.0301. The van der Waals surface area contributed by atoms with Crippen LogP contribution in [0, 0.1) is 0 Å². The van der Waals surface area contributed by atoms with Crippen LogP contribution in [0.1, 0.15) is 16.1 Å². The Morgan fingerprint density at radius 3 is 2.91 bits per heavy atom. The molecule has 0 bridgehead atoms. The molecule has 0 saturated carbocycles. The summed E-state index contributed by atoms with van der Waals surface area (Å²) in [5.41, 5.74) is 3.23. The highest BCUT2D eigenvalue weighted by Gasteiger charge is 2.20. The minimum Gasteiger partial charge on any atom is -0.379 e. The number of hydrogen-bond donors (Lipinski definition) is 1. The smallest absolute Gasteiger partial charge is 0.0661 e. The SMILES string of the molecule is [2H]c1c([2H])c2c(c([2H])c1Cl)N(CCCN(C)C)c1ccccc1CN2. The lowest BCUT2D eigenvalue weighted by Gasteiger charge is -2.27. The summed E-state index contributed by atoms with van der Waals surface area (Å²) in [6.07, 6.45) is 0.911. The predicted molar refractivity (Wildman–Crippen MR) is 95.4 cm³/mol. The van der Waals surface area contributed by atoms with Gasteiger partial charge < -0.3 is 15.1 Å². The Bertz CT molecular complexity index is 796. The maximum atomic E-state index is 8.47. The van der Waals surface area contributed by atoms with E-state index in [1.807, 2.05) is 38.4 Å². The van der Waals surface area contributed by atoms with Gasteiger partial charge in [0.15, 0.2) is 0 Å². The Kier molecular flexibility index (Phi) is 3.54. The number of nitrogens with one attached hydrogen (secondary N) is 1. The van der Waals surface area contributed by atoms with Crippen molar-refractivity contribution in [3.63, 3.8) is 0 Å². The normalized spacial score (nSPS) is 15.3. The van der Waals surface area contributed by atoms with Gasteiger partial charge in [0.2, 0.25) is 0 Å². The van der Waals surface area contributed by atoms with Crippen LogP contribution >= 0.6 is 11.6 Å². The minimum atomic E-state index is -0.0999. The maximum absolute atomic E-state index is 8.47. The van der Waals surface area contributed by atoms with Gasteiger partial charge in [0, 0.05) is 23.8 Å². The monoisotopic (exact) mass is 318 g/mol. The lowest BCUT2D eigenvalue weighted by Crippen LogP contribution is -2.23. The summed E-state index contributed by atoms with van der Waals surface area (Å²) in [5.74, 6) is 0. The third kappa shape index (κ3) is 3.21. The molecule has 3 nitrogen and oxygen atoms in total. The molecular weight excluding hydrogens is 294 g/mol. The van der Waals surface area contributed by atoms with Crippen LogP contribution in [0.15, 0.2) is 42.4 Å². The number of nitrogens with zero attached hydrogens (tertiary/aromatic N) is 2. The molecular formula is C18H22ClN3. The molecule has 0 aliphatic carbocycles. The van der Waals surface area contributed by atoms with Gasteiger partial charge in [0.1, 0.15) is 0 Å². The van der Waals surface area contributed by atoms with E-state index in [0.29, 0.717) is 24.5 Å². The second kappa shape index (κ2) is 6.59. The Morgan fingerprint density at radius 2 is 2.09 bits per heavy atom. The van der Waals surface area contributed by atoms with E-state index in [1.165, 1.54) is 0 Å². The number of halogens is 1. The number of rotatable bonds is 4. The third-order valence-corrected chi connectivity index (χ3v) is 3.95. The van der Waals surface area contributed by atoms with Gasteiger partial charge in [-0.3, -0.25) is 0 Å². The van der Waals surface area contributed by atoms with E-state index in [1.54, 1.807) is 0 Å². The van der Waals surface area contributed by atoms with Crippen LogP contribution in [-0.2, 0) is 6.54 Å². The zero-order valence-corrected chi connectivity index (χ0v) is 13.7. The van der Waals surface area contributed by atoms with E-state index in [-0.39, 0.29) is 23.1 Å². The molecule has 1 N–H and O–H groups in total. The van der Waals surface area contributed by atoms with E-state index in [2.05, 4.69) is 15.1 Å². The molecule has 1 aliphatic rings. The number of anilines is 3. The summed E-state index contributed by atoms with van der Waals surface area (Å²) in [5, 5.41) is 3.28. The molecule has 0 aromatic heterocycles. The molecule has 2 aromatic carbocycles. The Labute approximate surface area is 141 Å². The van der Waals surface area contributed by atoms with Crippen LogP contribution < -0.4 is 10.2 Å². The van der Waals surface area contributed by atoms with Crippen LogP contribution in [0.25, 0.3) is 0 Å². The molecule has 0 radical (unpaired) electrons. The molecule has 116 valence electrons. The van der Waals surface area contributed by atoms with Crippen molar-refractivity contribution in [3.8, 4) is 0 Å². The van der Waals surface area contributed by atoms with Gasteiger partial charge in [-0.1, -0.05) is 29.8 Å². The summed E-state index contributed by atoms with van der Waals surface area (Å²) in [6, 6.07) is 8.09. The van der Waals surface area contributed by atoms with Gasteiger partial charge in [-0.2, -0.15) is 0 Å². The second-order valence-electron chi connectivity index (χ2n) is 5.70. The zero-order chi connectivity index (χ0) is 18.1. The van der Waals surface area contributed by atoms with E-state index in [0.717, 1.165) is 24.2 Å². The summed E-state index contributed by atoms with van der Waals surface area (Å²) in [4.78, 5) is 4.19. The molecule has 0 unspecified atom stereocenters. The molecule has 0 amide bonds. The molecule has 1 heterocycles. The van der Waals surface area contributed by atoms with Crippen LogP contribution in [0.3, 0.4) is 0 Å². The lowest BCUT2D eigenvalue weighted by molar-refractivity contribution is 0.402. The van der Waals surface area contributed by atoms with Crippen molar-refractivity contribution in [1.29, 1.82) is 0 Å². The fourth-order valence-electron chi connectivity index (χ4n) is 2.71. The van der Waals surface area contributed by atoms with Crippen LogP contribution in [0.2, 0.25) is 5.02 Å². The fourth-order valence-corrected chi connectivity index (χ4v) is 2.85. The van der Waals surface area contributed by atoms with Crippen molar-refractivity contribution in [2.45, 2.75) is 13.0 Å². The average molecular weight is 319 g/mol. The predicted octanol–water partition coefficient (Wildman–Crippen LogP) is 4.36. The van der Waals surface area contributed by atoms with Crippen molar-refractivity contribution in [3.05, 3.63) is 53.0 Å². The first-order valence-corrected chi connectivity index (χ1v) is 7.83. The highest BCUT2D eigenvalue weighted by atomic mass is 35.5. The fraction of sp³-hybridized carbons (Fsp3) is 0.333. The van der Waals surface area contributed by atoms with E-state index in [4.69, 9.17) is 15.7 Å². The first-order chi connectivity index (χ1) is 11.9. The third-order valence-electron chi connectivity index (χ3n) is 3.76.